The zero-order valence-electron chi connectivity index (χ0n) is 21.8. The van der Waals surface area contributed by atoms with Crippen molar-refractivity contribution in [1.29, 1.82) is 0 Å². The number of thioether (sulfide) groups is 1. The van der Waals surface area contributed by atoms with E-state index in [1.807, 2.05) is 19.9 Å². The number of amides is 2. The number of carbonyl (C=O) groups excluding carboxylic acids is 2. The molecule has 2 fully saturated rings. The Hall–Kier alpha value is -1.37. The van der Waals surface area contributed by atoms with Crippen LogP contribution in [-0.4, -0.2) is 104 Å². The molecule has 4 rings (SSSR count). The Labute approximate surface area is 229 Å². The summed E-state index contributed by atoms with van der Waals surface area (Å²) in [5.41, 5.74) is -0.414. The molecule has 0 aromatic rings. The second kappa shape index (κ2) is 11.4. The molecule has 2 saturated heterocycles. The molecule has 0 bridgehead atoms. The highest BCUT2D eigenvalue weighted by Gasteiger charge is 2.47. The summed E-state index contributed by atoms with van der Waals surface area (Å²) in [5, 5.41) is 0.681. The van der Waals surface area contributed by atoms with Crippen molar-refractivity contribution >= 4 is 45.2 Å². The molecule has 1 aliphatic carbocycles. The first-order valence-corrected chi connectivity index (χ1v) is 15.5. The Morgan fingerprint density at radius 1 is 1.19 bits per heavy atom. The van der Waals surface area contributed by atoms with Crippen LogP contribution in [0.5, 0.6) is 0 Å². The predicted octanol–water partition coefficient (Wildman–Crippen LogP) is 2.27. The third kappa shape index (κ3) is 6.45. The van der Waals surface area contributed by atoms with E-state index in [2.05, 4.69) is 9.62 Å². The number of halogens is 1. The van der Waals surface area contributed by atoms with Crippen molar-refractivity contribution in [3.63, 3.8) is 0 Å². The average Bonchev–Trinajstić information content (AvgIpc) is 3.19. The monoisotopic (exact) mass is 572 g/mol. The number of nitrogens with one attached hydrogen (secondary N) is 1. The second-order valence-corrected chi connectivity index (χ2v) is 14.3. The molecule has 37 heavy (non-hydrogen) atoms. The van der Waals surface area contributed by atoms with E-state index in [-0.39, 0.29) is 22.6 Å². The lowest BCUT2D eigenvalue weighted by molar-refractivity contribution is -0.147. The van der Waals surface area contributed by atoms with Gasteiger partial charge in [0.25, 0.3) is 0 Å². The van der Waals surface area contributed by atoms with Gasteiger partial charge in [-0.15, -0.1) is 11.8 Å². The van der Waals surface area contributed by atoms with Crippen molar-refractivity contribution in [2.24, 2.45) is 0 Å². The topological polar surface area (TPSA) is 99.3 Å². The Morgan fingerprint density at radius 2 is 1.92 bits per heavy atom. The van der Waals surface area contributed by atoms with Crippen LogP contribution < -0.4 is 4.72 Å². The highest BCUT2D eigenvalue weighted by Crippen LogP contribution is 2.52. The summed E-state index contributed by atoms with van der Waals surface area (Å²) in [6, 6.07) is 0. The van der Waals surface area contributed by atoms with Crippen LogP contribution in [0, 0.1) is 0 Å². The summed E-state index contributed by atoms with van der Waals surface area (Å²) < 4.78 is 34.6. The molecule has 1 N–H and O–H groups in total. The van der Waals surface area contributed by atoms with Gasteiger partial charge in [0.2, 0.25) is 21.8 Å². The first-order chi connectivity index (χ1) is 17.5. The number of likely N-dealkylation sites (tertiary alicyclic amines) is 1. The number of rotatable bonds is 9. The van der Waals surface area contributed by atoms with E-state index in [1.165, 1.54) is 16.7 Å². The Morgan fingerprint density at radius 3 is 2.62 bits per heavy atom. The van der Waals surface area contributed by atoms with Gasteiger partial charge < -0.3 is 14.5 Å². The fraction of sp³-hybridized carbons (Fsp3) is 0.680. The SMILES string of the molecule is CCOCCN1CCN(C(=O)CN2CCC[C@](C)(NS(=O)(=O)C3=CC4=CC=C(Cl)CC4(C)S3)C2=O)CC1. The van der Waals surface area contributed by atoms with Crippen molar-refractivity contribution < 1.29 is 22.7 Å². The second-order valence-electron chi connectivity index (χ2n) is 10.4. The van der Waals surface area contributed by atoms with Gasteiger partial charge in [0.15, 0.2) is 0 Å². The van der Waals surface area contributed by atoms with Crippen LogP contribution in [0.25, 0.3) is 0 Å². The van der Waals surface area contributed by atoms with E-state index in [9.17, 15) is 18.0 Å². The fourth-order valence-corrected chi connectivity index (χ4v) is 9.03. The molecule has 3 aliphatic heterocycles. The quantitative estimate of drug-likeness (QED) is 0.423. The number of sulfonamides is 1. The third-order valence-corrected chi connectivity index (χ3v) is 11.1. The van der Waals surface area contributed by atoms with Crippen LogP contribution in [0.1, 0.15) is 40.0 Å². The molecule has 0 aromatic carbocycles. The third-order valence-electron chi connectivity index (χ3n) is 7.46. The lowest BCUT2D eigenvalue weighted by atomic mass is 9.91. The maximum atomic E-state index is 13.5. The molecule has 1 unspecified atom stereocenters. The van der Waals surface area contributed by atoms with Crippen LogP contribution in [-0.2, 0) is 24.3 Å². The molecule has 0 aromatic heterocycles. The summed E-state index contributed by atoms with van der Waals surface area (Å²) in [5.74, 6) is -0.463. The molecule has 206 valence electrons. The van der Waals surface area contributed by atoms with E-state index >= 15 is 0 Å². The fourth-order valence-electron chi connectivity index (χ4n) is 5.24. The molecule has 2 atom stereocenters. The minimum absolute atomic E-state index is 0.0400. The van der Waals surface area contributed by atoms with Crippen LogP contribution in [0.3, 0.4) is 0 Å². The highest BCUT2D eigenvalue weighted by atomic mass is 35.5. The van der Waals surface area contributed by atoms with E-state index in [4.69, 9.17) is 16.3 Å². The van der Waals surface area contributed by atoms with Gasteiger partial charge in [-0.3, -0.25) is 14.5 Å². The van der Waals surface area contributed by atoms with E-state index in [0.717, 1.165) is 25.2 Å². The van der Waals surface area contributed by atoms with Crippen molar-refractivity contribution in [3.05, 3.63) is 33.1 Å². The number of piperidine rings is 1. The number of hydrogen-bond donors (Lipinski definition) is 1. The van der Waals surface area contributed by atoms with Gasteiger partial charge in [-0.1, -0.05) is 17.7 Å². The molecule has 0 spiro atoms. The number of carbonyl (C=O) groups is 2. The average molecular weight is 573 g/mol. The zero-order chi connectivity index (χ0) is 26.8. The summed E-state index contributed by atoms with van der Waals surface area (Å²) in [7, 11) is -3.94. The summed E-state index contributed by atoms with van der Waals surface area (Å²) in [6.45, 7) is 10.9. The minimum atomic E-state index is -3.94. The number of allylic oxidation sites excluding steroid dienone is 4. The van der Waals surface area contributed by atoms with Gasteiger partial charge >= 0.3 is 0 Å². The molecule has 0 saturated carbocycles. The maximum absolute atomic E-state index is 13.5. The van der Waals surface area contributed by atoms with Crippen molar-refractivity contribution in [2.75, 3.05) is 59.0 Å². The van der Waals surface area contributed by atoms with Gasteiger partial charge in [-0.2, -0.15) is 4.72 Å². The molecular weight excluding hydrogens is 536 g/mol. The molecule has 3 heterocycles. The van der Waals surface area contributed by atoms with Gasteiger partial charge in [0.05, 0.1) is 13.2 Å². The number of fused-ring (bicyclic) bond motifs is 1. The summed E-state index contributed by atoms with van der Waals surface area (Å²) in [4.78, 5) is 32.0. The Bertz CT molecular complexity index is 1120. The standard InChI is InChI=1S/C25H37ClN4O5S2/c1-4-35-15-14-28-10-12-29(13-11-28)21(31)18-30-9-5-8-24(2,23(30)32)27-37(33,34)22-16-19-6-7-20(26)17-25(19,3)36-22/h6-7,16,27H,4-5,8-15,17-18H2,1-3H3/t24-,25?/m0/s1. The molecule has 0 radical (unpaired) electrons. The van der Waals surface area contributed by atoms with Crippen LogP contribution >= 0.6 is 23.4 Å². The van der Waals surface area contributed by atoms with Crippen molar-refractivity contribution in [2.45, 2.75) is 50.3 Å². The van der Waals surface area contributed by atoms with E-state index in [0.29, 0.717) is 57.1 Å². The summed E-state index contributed by atoms with van der Waals surface area (Å²) >= 11 is 7.46. The van der Waals surface area contributed by atoms with E-state index in [1.54, 1.807) is 24.0 Å². The highest BCUT2D eigenvalue weighted by molar-refractivity contribution is 8.19. The molecular formula is C25H37ClN4O5S2. The largest absolute Gasteiger partial charge is 0.380 e. The molecule has 12 heteroatoms. The van der Waals surface area contributed by atoms with Gasteiger partial charge in [-0.25, -0.2) is 8.42 Å². The summed E-state index contributed by atoms with van der Waals surface area (Å²) in [6.07, 6.45) is 6.84. The maximum Gasteiger partial charge on any atom is 0.247 e. The predicted molar refractivity (Wildman–Crippen MR) is 147 cm³/mol. The number of nitrogens with zero attached hydrogens (tertiary/aromatic N) is 3. The first kappa shape index (κ1) is 28.6. The van der Waals surface area contributed by atoms with Crippen LogP contribution in [0.15, 0.2) is 33.1 Å². The normalized spacial score (nSPS) is 29.1. The minimum Gasteiger partial charge on any atom is -0.380 e. The zero-order valence-corrected chi connectivity index (χ0v) is 24.2. The van der Waals surface area contributed by atoms with Gasteiger partial charge in [0.1, 0.15) is 9.78 Å². The lowest BCUT2D eigenvalue weighted by Crippen LogP contribution is -2.62. The van der Waals surface area contributed by atoms with Crippen molar-refractivity contribution in [3.8, 4) is 0 Å². The van der Waals surface area contributed by atoms with Crippen LogP contribution in [0.4, 0.5) is 0 Å². The van der Waals surface area contributed by atoms with Crippen LogP contribution in [0.2, 0.25) is 0 Å². The van der Waals surface area contributed by atoms with Crippen molar-refractivity contribution in [1.82, 2.24) is 19.4 Å². The number of ether oxygens (including phenoxy) is 1. The Kier molecular flexibility index (Phi) is 8.82. The number of hydrogen-bond acceptors (Lipinski definition) is 7. The Balaban J connectivity index is 1.36. The van der Waals surface area contributed by atoms with Gasteiger partial charge in [0, 0.05) is 62.1 Å². The first-order valence-electron chi connectivity index (χ1n) is 12.8. The smallest absolute Gasteiger partial charge is 0.247 e. The molecule has 9 nitrogen and oxygen atoms in total. The van der Waals surface area contributed by atoms with E-state index < -0.39 is 20.3 Å². The lowest BCUT2D eigenvalue weighted by Gasteiger charge is -2.41. The molecule has 4 aliphatic rings. The van der Waals surface area contributed by atoms with Gasteiger partial charge in [-0.05, 0) is 51.3 Å². The number of piperazine rings is 1. The molecule has 2 amide bonds.